The number of nitrogens with zero attached hydrogens (tertiary/aromatic N) is 3. The van der Waals surface area contributed by atoms with Crippen LogP contribution in [0.4, 0.5) is 4.39 Å². The molecule has 1 aliphatic rings. The normalized spacial score (nSPS) is 21.3. The molecule has 1 aliphatic heterocycles. The Morgan fingerprint density at radius 1 is 1.35 bits per heavy atom. The van der Waals surface area contributed by atoms with Crippen LogP contribution in [0.25, 0.3) is 0 Å². The second kappa shape index (κ2) is 6.70. The molecule has 2 aromatic rings. The van der Waals surface area contributed by atoms with Crippen LogP contribution in [0.5, 0.6) is 11.6 Å². The highest BCUT2D eigenvalue weighted by atomic mass is 19.1. The summed E-state index contributed by atoms with van der Waals surface area (Å²) in [6, 6.07) is 6.80. The first kappa shape index (κ1) is 15.4. The topological polar surface area (TPSA) is 81.3 Å². The summed E-state index contributed by atoms with van der Waals surface area (Å²) >= 11 is 0. The molecule has 0 bridgehead atoms. The molecule has 1 fully saturated rings. The maximum absolute atomic E-state index is 13.5. The maximum atomic E-state index is 13.5. The number of primary amides is 1. The third-order valence-corrected chi connectivity index (χ3v) is 3.75. The Morgan fingerprint density at radius 3 is 2.78 bits per heavy atom. The van der Waals surface area contributed by atoms with Gasteiger partial charge in [0, 0.05) is 31.9 Å². The van der Waals surface area contributed by atoms with E-state index in [2.05, 4.69) is 9.97 Å². The lowest BCUT2D eigenvalue weighted by Gasteiger charge is -2.21. The van der Waals surface area contributed by atoms with E-state index >= 15 is 0 Å². The zero-order valence-electron chi connectivity index (χ0n) is 12.4. The molecule has 0 aliphatic carbocycles. The first-order valence-corrected chi connectivity index (χ1v) is 7.32. The van der Waals surface area contributed by atoms with E-state index in [1.807, 2.05) is 12.1 Å². The van der Waals surface area contributed by atoms with Gasteiger partial charge in [-0.3, -0.25) is 14.7 Å². The molecule has 1 aromatic carbocycles. The van der Waals surface area contributed by atoms with Crippen LogP contribution in [-0.2, 0) is 11.3 Å². The average molecular weight is 316 g/mol. The van der Waals surface area contributed by atoms with Gasteiger partial charge < -0.3 is 10.5 Å². The monoisotopic (exact) mass is 316 g/mol. The Labute approximate surface area is 133 Å². The van der Waals surface area contributed by atoms with Crippen LogP contribution in [0.1, 0.15) is 12.0 Å². The molecule has 1 amide bonds. The quantitative estimate of drug-likeness (QED) is 0.907. The number of hydrogen-bond donors (Lipinski definition) is 1. The molecule has 2 N–H and O–H groups in total. The fraction of sp³-hybridized carbons (Fsp3) is 0.312. The number of halogens is 1. The highest BCUT2D eigenvalue weighted by Gasteiger charge is 2.35. The summed E-state index contributed by atoms with van der Waals surface area (Å²) in [6.07, 6.45) is 3.81. The zero-order valence-corrected chi connectivity index (χ0v) is 12.4. The number of alkyl halides is 1. The van der Waals surface area contributed by atoms with Gasteiger partial charge in [-0.05, 0) is 17.7 Å². The van der Waals surface area contributed by atoms with E-state index in [1.165, 1.54) is 6.20 Å². The summed E-state index contributed by atoms with van der Waals surface area (Å²) < 4.78 is 19.1. The molecule has 7 heteroatoms. The van der Waals surface area contributed by atoms with E-state index < -0.39 is 18.1 Å². The van der Waals surface area contributed by atoms with Gasteiger partial charge in [-0.2, -0.15) is 0 Å². The van der Waals surface area contributed by atoms with Crippen molar-refractivity contribution in [3.63, 3.8) is 0 Å². The van der Waals surface area contributed by atoms with Crippen LogP contribution in [-0.4, -0.2) is 39.5 Å². The zero-order chi connectivity index (χ0) is 16.2. The molecule has 0 spiro atoms. The van der Waals surface area contributed by atoms with Crippen LogP contribution >= 0.6 is 0 Å². The van der Waals surface area contributed by atoms with E-state index in [0.717, 1.165) is 5.56 Å². The Bertz CT molecular complexity index is 666. The van der Waals surface area contributed by atoms with E-state index in [1.54, 1.807) is 29.4 Å². The number of carbonyl (C=O) groups is 1. The van der Waals surface area contributed by atoms with Crippen molar-refractivity contribution in [2.24, 2.45) is 5.73 Å². The largest absolute Gasteiger partial charge is 0.438 e. The number of benzene rings is 1. The summed E-state index contributed by atoms with van der Waals surface area (Å²) in [6.45, 7) is 0.699. The molecular formula is C16H17FN4O2. The maximum Gasteiger partial charge on any atom is 0.237 e. The summed E-state index contributed by atoms with van der Waals surface area (Å²) in [4.78, 5) is 21.1. The van der Waals surface area contributed by atoms with E-state index in [9.17, 15) is 9.18 Å². The summed E-state index contributed by atoms with van der Waals surface area (Å²) in [5.41, 5.74) is 6.29. The number of likely N-dealkylation sites (tertiary alicyclic amines) is 1. The molecule has 120 valence electrons. The van der Waals surface area contributed by atoms with Crippen molar-refractivity contribution in [2.75, 3.05) is 6.54 Å². The molecular weight excluding hydrogens is 299 g/mol. The van der Waals surface area contributed by atoms with Crippen LogP contribution in [0.15, 0.2) is 42.9 Å². The van der Waals surface area contributed by atoms with Crippen molar-refractivity contribution in [3.05, 3.63) is 48.4 Å². The molecule has 2 atom stereocenters. The Kier molecular flexibility index (Phi) is 4.47. The van der Waals surface area contributed by atoms with Crippen molar-refractivity contribution in [2.45, 2.75) is 25.2 Å². The molecule has 0 radical (unpaired) electrons. The smallest absolute Gasteiger partial charge is 0.237 e. The van der Waals surface area contributed by atoms with Gasteiger partial charge in [0.1, 0.15) is 11.9 Å². The molecule has 23 heavy (non-hydrogen) atoms. The summed E-state index contributed by atoms with van der Waals surface area (Å²) in [7, 11) is 0. The van der Waals surface area contributed by atoms with Gasteiger partial charge in [0.25, 0.3) is 0 Å². The van der Waals surface area contributed by atoms with E-state index in [-0.39, 0.29) is 13.0 Å². The number of rotatable bonds is 5. The Morgan fingerprint density at radius 2 is 2.13 bits per heavy atom. The van der Waals surface area contributed by atoms with Gasteiger partial charge in [0.05, 0.1) is 12.2 Å². The van der Waals surface area contributed by atoms with Gasteiger partial charge in [0.2, 0.25) is 11.8 Å². The van der Waals surface area contributed by atoms with Gasteiger partial charge in [0.15, 0.2) is 0 Å². The molecule has 3 rings (SSSR count). The van der Waals surface area contributed by atoms with Gasteiger partial charge in [-0.1, -0.05) is 12.1 Å². The summed E-state index contributed by atoms with van der Waals surface area (Å²) in [5.74, 6) is 0.562. The van der Waals surface area contributed by atoms with Crippen LogP contribution in [0.3, 0.4) is 0 Å². The SMILES string of the molecule is NC(=O)[C@@H]1C[C@@H](F)CN1Cc1ccc(Oc2cnccn2)cc1. The van der Waals surface area contributed by atoms with Gasteiger partial charge in [-0.25, -0.2) is 9.37 Å². The predicted octanol–water partition coefficient (Wildman–Crippen LogP) is 1.67. The van der Waals surface area contributed by atoms with Gasteiger partial charge in [-0.15, -0.1) is 0 Å². The number of aromatic nitrogens is 2. The number of amides is 1. The standard InChI is InChI=1S/C16H17FN4O2/c17-12-7-14(16(18)22)21(10-12)9-11-1-3-13(4-2-11)23-15-8-19-5-6-20-15/h1-6,8,12,14H,7,9-10H2,(H2,18,22)/t12-,14+/m1/s1. The minimum atomic E-state index is -1.01. The highest BCUT2D eigenvalue weighted by Crippen LogP contribution is 2.24. The van der Waals surface area contributed by atoms with Crippen LogP contribution in [0.2, 0.25) is 0 Å². The Hall–Kier alpha value is -2.54. The second-order valence-electron chi connectivity index (χ2n) is 5.47. The number of carbonyl (C=O) groups excluding carboxylic acids is 1. The van der Waals surface area contributed by atoms with Crippen molar-refractivity contribution in [3.8, 4) is 11.6 Å². The minimum absolute atomic E-state index is 0.170. The minimum Gasteiger partial charge on any atom is -0.438 e. The molecule has 6 nitrogen and oxygen atoms in total. The van der Waals surface area contributed by atoms with Crippen LogP contribution in [0, 0.1) is 0 Å². The first-order chi connectivity index (χ1) is 11.1. The van der Waals surface area contributed by atoms with Crippen molar-refractivity contribution in [1.29, 1.82) is 0 Å². The lowest BCUT2D eigenvalue weighted by Crippen LogP contribution is -2.39. The average Bonchev–Trinajstić information content (AvgIpc) is 2.91. The molecule has 1 aromatic heterocycles. The van der Waals surface area contributed by atoms with E-state index in [4.69, 9.17) is 10.5 Å². The predicted molar refractivity (Wildman–Crippen MR) is 81.5 cm³/mol. The Balaban J connectivity index is 1.64. The number of hydrogen-bond acceptors (Lipinski definition) is 5. The molecule has 1 saturated heterocycles. The highest BCUT2D eigenvalue weighted by molar-refractivity contribution is 5.80. The lowest BCUT2D eigenvalue weighted by molar-refractivity contribution is -0.122. The molecule has 2 heterocycles. The van der Waals surface area contributed by atoms with Crippen molar-refractivity contribution in [1.82, 2.24) is 14.9 Å². The fourth-order valence-corrected chi connectivity index (χ4v) is 2.67. The molecule has 0 unspecified atom stereocenters. The summed E-state index contributed by atoms with van der Waals surface area (Å²) in [5, 5.41) is 0. The number of ether oxygens (including phenoxy) is 1. The second-order valence-corrected chi connectivity index (χ2v) is 5.47. The lowest BCUT2D eigenvalue weighted by atomic mass is 10.1. The van der Waals surface area contributed by atoms with Crippen molar-refractivity contribution >= 4 is 5.91 Å². The number of nitrogens with two attached hydrogens (primary N) is 1. The third-order valence-electron chi connectivity index (χ3n) is 3.75. The van der Waals surface area contributed by atoms with Gasteiger partial charge >= 0.3 is 0 Å². The first-order valence-electron chi connectivity index (χ1n) is 7.32. The fourth-order valence-electron chi connectivity index (χ4n) is 2.67. The third kappa shape index (κ3) is 3.81. The van der Waals surface area contributed by atoms with Crippen LogP contribution < -0.4 is 10.5 Å². The van der Waals surface area contributed by atoms with E-state index in [0.29, 0.717) is 18.2 Å². The molecule has 0 saturated carbocycles. The van der Waals surface area contributed by atoms with Crippen molar-refractivity contribution < 1.29 is 13.9 Å².